The number of aliphatic hydroxyl groups excluding tert-OH is 1. The van der Waals surface area contributed by atoms with E-state index in [2.05, 4.69) is 10.6 Å². The van der Waals surface area contributed by atoms with E-state index in [1.165, 1.54) is 0 Å². The molecule has 2 amide bonds. The lowest BCUT2D eigenvalue weighted by Crippen LogP contribution is -2.46. The average molecular weight is 230 g/mol. The second-order valence-corrected chi connectivity index (χ2v) is 3.26. The Balaban J connectivity index is 3.64. The van der Waals surface area contributed by atoms with Crippen molar-refractivity contribution in [1.29, 1.82) is 5.41 Å². The van der Waals surface area contributed by atoms with E-state index in [1.807, 2.05) is 0 Å². The number of carbonyl (C=O) groups is 2. The van der Waals surface area contributed by atoms with Gasteiger partial charge in [0.2, 0.25) is 11.8 Å². The van der Waals surface area contributed by atoms with Gasteiger partial charge in [0.1, 0.15) is 6.04 Å². The van der Waals surface area contributed by atoms with E-state index < -0.39 is 18.6 Å². The maximum Gasteiger partial charge on any atom is 0.242 e. The molecule has 0 aromatic carbocycles. The molecule has 0 unspecified atom stereocenters. The summed E-state index contributed by atoms with van der Waals surface area (Å²) in [6, 6.07) is -1.01. The van der Waals surface area contributed by atoms with Gasteiger partial charge in [-0.05, 0) is 12.8 Å². The van der Waals surface area contributed by atoms with Gasteiger partial charge in [-0.25, -0.2) is 0 Å². The molecule has 0 aliphatic heterocycles. The molecule has 0 saturated heterocycles. The number of nitrogens with two attached hydrogens (primary N) is 1. The van der Waals surface area contributed by atoms with Crippen LogP contribution < -0.4 is 16.4 Å². The first-order chi connectivity index (χ1) is 7.61. The largest absolute Gasteiger partial charge is 0.394 e. The first kappa shape index (κ1) is 14.4. The van der Waals surface area contributed by atoms with E-state index >= 15 is 0 Å². The smallest absolute Gasteiger partial charge is 0.242 e. The minimum atomic E-state index is -1.01. The minimum absolute atomic E-state index is 0.267. The summed E-state index contributed by atoms with van der Waals surface area (Å²) >= 11 is 0. The summed E-state index contributed by atoms with van der Waals surface area (Å²) in [5, 5.41) is 20.4. The van der Waals surface area contributed by atoms with Crippen molar-refractivity contribution in [1.82, 2.24) is 10.6 Å². The number of carbonyl (C=O) groups excluding carboxylic acids is 2. The van der Waals surface area contributed by atoms with E-state index in [-0.39, 0.29) is 12.3 Å². The van der Waals surface area contributed by atoms with Crippen LogP contribution in [0.2, 0.25) is 0 Å². The Hall–Kier alpha value is -1.63. The van der Waals surface area contributed by atoms with Crippen LogP contribution in [0.25, 0.3) is 0 Å². The van der Waals surface area contributed by atoms with Crippen LogP contribution in [-0.4, -0.2) is 42.5 Å². The van der Waals surface area contributed by atoms with Gasteiger partial charge in [-0.2, -0.15) is 0 Å². The Bertz CT molecular complexity index is 245. The lowest BCUT2D eigenvalue weighted by Gasteiger charge is -2.12. The first-order valence-corrected chi connectivity index (χ1v) is 5.03. The van der Waals surface area contributed by atoms with Gasteiger partial charge in [0, 0.05) is 13.0 Å². The SMILES string of the molecule is N=CNCCCCC(=O)N[C@@H](CO)C(N)=O. The van der Waals surface area contributed by atoms with Crippen molar-refractivity contribution in [3.05, 3.63) is 0 Å². The summed E-state index contributed by atoms with van der Waals surface area (Å²) in [7, 11) is 0. The molecular weight excluding hydrogens is 212 g/mol. The summed E-state index contributed by atoms with van der Waals surface area (Å²) in [5.41, 5.74) is 4.94. The fraction of sp³-hybridized carbons (Fsp3) is 0.667. The highest BCUT2D eigenvalue weighted by atomic mass is 16.3. The number of amides is 2. The molecule has 0 fully saturated rings. The van der Waals surface area contributed by atoms with Crippen molar-refractivity contribution >= 4 is 18.2 Å². The van der Waals surface area contributed by atoms with Crippen molar-refractivity contribution in [3.8, 4) is 0 Å². The van der Waals surface area contributed by atoms with E-state index in [0.29, 0.717) is 13.0 Å². The number of aliphatic hydroxyl groups is 1. The first-order valence-electron chi connectivity index (χ1n) is 5.03. The molecule has 0 radical (unpaired) electrons. The Morgan fingerprint density at radius 3 is 2.62 bits per heavy atom. The summed E-state index contributed by atoms with van der Waals surface area (Å²) in [6.07, 6.45) is 2.76. The van der Waals surface area contributed by atoms with E-state index in [9.17, 15) is 9.59 Å². The zero-order valence-corrected chi connectivity index (χ0v) is 9.03. The van der Waals surface area contributed by atoms with Crippen molar-refractivity contribution in [2.45, 2.75) is 25.3 Å². The van der Waals surface area contributed by atoms with Crippen molar-refractivity contribution in [2.24, 2.45) is 5.73 Å². The molecule has 0 heterocycles. The molecule has 0 bridgehead atoms. The second-order valence-electron chi connectivity index (χ2n) is 3.26. The van der Waals surface area contributed by atoms with Gasteiger partial charge in [-0.15, -0.1) is 0 Å². The van der Waals surface area contributed by atoms with E-state index in [1.54, 1.807) is 0 Å². The average Bonchev–Trinajstić information content (AvgIpc) is 2.25. The number of unbranched alkanes of at least 4 members (excludes halogenated alkanes) is 1. The molecule has 0 spiro atoms. The lowest BCUT2D eigenvalue weighted by molar-refractivity contribution is -0.128. The van der Waals surface area contributed by atoms with Gasteiger partial charge in [-0.3, -0.25) is 15.0 Å². The van der Waals surface area contributed by atoms with Gasteiger partial charge in [0.25, 0.3) is 0 Å². The summed E-state index contributed by atoms with van der Waals surface area (Å²) < 4.78 is 0. The summed E-state index contributed by atoms with van der Waals surface area (Å²) in [4.78, 5) is 21.9. The molecule has 7 nitrogen and oxygen atoms in total. The van der Waals surface area contributed by atoms with Crippen molar-refractivity contribution < 1.29 is 14.7 Å². The predicted octanol–water partition coefficient (Wildman–Crippen LogP) is -1.68. The monoisotopic (exact) mass is 230 g/mol. The Kier molecular flexibility index (Phi) is 7.78. The molecule has 0 saturated carbocycles. The molecule has 7 heteroatoms. The third-order valence-corrected chi connectivity index (χ3v) is 1.94. The molecule has 0 aromatic rings. The normalized spacial score (nSPS) is 11.6. The van der Waals surface area contributed by atoms with Crippen LogP contribution in [-0.2, 0) is 9.59 Å². The molecule has 1 atom stereocenters. The Labute approximate surface area is 93.9 Å². The zero-order valence-electron chi connectivity index (χ0n) is 9.03. The molecule has 0 aliphatic carbocycles. The van der Waals surface area contributed by atoms with Gasteiger partial charge in [-0.1, -0.05) is 0 Å². The topological polar surface area (TPSA) is 128 Å². The van der Waals surface area contributed by atoms with Crippen molar-refractivity contribution in [3.63, 3.8) is 0 Å². The van der Waals surface area contributed by atoms with Gasteiger partial charge in [0.05, 0.1) is 12.9 Å². The maximum atomic E-state index is 11.3. The fourth-order valence-electron chi connectivity index (χ4n) is 1.06. The van der Waals surface area contributed by atoms with Crippen LogP contribution in [0.4, 0.5) is 0 Å². The Morgan fingerprint density at radius 1 is 1.44 bits per heavy atom. The Morgan fingerprint density at radius 2 is 2.12 bits per heavy atom. The lowest BCUT2D eigenvalue weighted by atomic mass is 10.2. The van der Waals surface area contributed by atoms with Gasteiger partial charge >= 0.3 is 0 Å². The highest BCUT2D eigenvalue weighted by molar-refractivity contribution is 5.86. The predicted molar refractivity (Wildman–Crippen MR) is 58.8 cm³/mol. The molecule has 0 rings (SSSR count). The molecule has 0 aromatic heterocycles. The standard InChI is InChI=1S/C9H18N4O3/c10-6-12-4-2-1-3-8(15)13-7(5-14)9(11)16/h6-7,14H,1-5H2,(H2,10,12)(H2,11,16)(H,13,15)/t7-/m0/s1. The van der Waals surface area contributed by atoms with Crippen LogP contribution in [0, 0.1) is 5.41 Å². The summed E-state index contributed by atoms with van der Waals surface area (Å²) in [5.74, 6) is -1.06. The van der Waals surface area contributed by atoms with Crippen LogP contribution in [0.3, 0.4) is 0 Å². The van der Waals surface area contributed by atoms with E-state index in [0.717, 1.165) is 12.8 Å². The zero-order chi connectivity index (χ0) is 12.4. The molecule has 0 aliphatic rings. The van der Waals surface area contributed by atoms with Gasteiger partial charge in [0.15, 0.2) is 0 Å². The van der Waals surface area contributed by atoms with Crippen LogP contribution >= 0.6 is 0 Å². The number of hydrogen-bond acceptors (Lipinski definition) is 4. The minimum Gasteiger partial charge on any atom is -0.394 e. The van der Waals surface area contributed by atoms with Crippen molar-refractivity contribution in [2.75, 3.05) is 13.2 Å². The quantitative estimate of drug-likeness (QED) is 0.184. The number of hydrogen-bond donors (Lipinski definition) is 5. The van der Waals surface area contributed by atoms with Crippen LogP contribution in [0.5, 0.6) is 0 Å². The molecular formula is C9H18N4O3. The fourth-order valence-corrected chi connectivity index (χ4v) is 1.06. The third kappa shape index (κ3) is 6.77. The summed E-state index contributed by atoms with van der Waals surface area (Å²) in [6.45, 7) is 0.145. The highest BCUT2D eigenvalue weighted by Crippen LogP contribution is 1.94. The second kappa shape index (κ2) is 8.66. The number of nitrogens with one attached hydrogen (secondary N) is 3. The number of rotatable bonds is 9. The maximum absolute atomic E-state index is 11.3. The van der Waals surface area contributed by atoms with Crippen LogP contribution in [0.15, 0.2) is 0 Å². The van der Waals surface area contributed by atoms with Gasteiger partial charge < -0.3 is 21.5 Å². The molecule has 6 N–H and O–H groups in total. The number of primary amides is 1. The van der Waals surface area contributed by atoms with Crippen LogP contribution in [0.1, 0.15) is 19.3 Å². The molecule has 92 valence electrons. The molecule has 16 heavy (non-hydrogen) atoms. The third-order valence-electron chi connectivity index (χ3n) is 1.94. The van der Waals surface area contributed by atoms with E-state index in [4.69, 9.17) is 16.2 Å². The highest BCUT2D eigenvalue weighted by Gasteiger charge is 2.15.